The molecule has 0 aromatic carbocycles. The first-order valence-electron chi connectivity index (χ1n) is 5.17. The number of carbonyl (C=O) groups is 2. The van der Waals surface area contributed by atoms with Crippen LogP contribution in [0.4, 0.5) is 4.79 Å². The average molecular weight is 238 g/mol. The smallest absolute Gasteiger partial charge is 0.318 e. The van der Waals surface area contributed by atoms with Crippen molar-refractivity contribution in [2.75, 3.05) is 13.1 Å². The van der Waals surface area contributed by atoms with Crippen LogP contribution in [0.25, 0.3) is 0 Å². The van der Waals surface area contributed by atoms with Crippen LogP contribution in [0.1, 0.15) is 23.4 Å². The standard InChI is InChI=1S/C11H14N2O2S/c1-7-3-4-16-10(7)9-6-13(5-8(2)14)11(15)12-9/h3-4,9H,5-6H2,1-2H3,(H,12,15). The van der Waals surface area contributed by atoms with Crippen molar-refractivity contribution in [2.45, 2.75) is 19.9 Å². The van der Waals surface area contributed by atoms with Gasteiger partial charge in [0, 0.05) is 11.4 Å². The maximum atomic E-state index is 11.6. The van der Waals surface area contributed by atoms with Crippen molar-refractivity contribution in [3.05, 3.63) is 21.9 Å². The Morgan fingerprint density at radius 1 is 1.69 bits per heavy atom. The van der Waals surface area contributed by atoms with Gasteiger partial charge in [-0.1, -0.05) is 0 Å². The highest BCUT2D eigenvalue weighted by Crippen LogP contribution is 2.27. The van der Waals surface area contributed by atoms with E-state index in [1.807, 2.05) is 18.4 Å². The Kier molecular flexibility index (Phi) is 2.96. The highest BCUT2D eigenvalue weighted by molar-refractivity contribution is 7.10. The fourth-order valence-corrected chi connectivity index (χ4v) is 2.85. The van der Waals surface area contributed by atoms with Crippen LogP contribution in [0.15, 0.2) is 11.4 Å². The number of hydrogen-bond acceptors (Lipinski definition) is 3. The third-order valence-electron chi connectivity index (χ3n) is 2.62. The first-order chi connectivity index (χ1) is 7.58. The lowest BCUT2D eigenvalue weighted by Crippen LogP contribution is -2.32. The van der Waals surface area contributed by atoms with Gasteiger partial charge in [0.25, 0.3) is 0 Å². The van der Waals surface area contributed by atoms with E-state index in [0.717, 1.165) is 0 Å². The van der Waals surface area contributed by atoms with E-state index in [2.05, 4.69) is 5.32 Å². The van der Waals surface area contributed by atoms with Gasteiger partial charge in [0.1, 0.15) is 5.78 Å². The molecule has 16 heavy (non-hydrogen) atoms. The molecular weight excluding hydrogens is 224 g/mol. The maximum absolute atomic E-state index is 11.6. The summed E-state index contributed by atoms with van der Waals surface area (Å²) in [5.41, 5.74) is 1.19. The molecule has 2 heterocycles. The molecule has 4 nitrogen and oxygen atoms in total. The number of carbonyl (C=O) groups excluding carboxylic acids is 2. The van der Waals surface area contributed by atoms with E-state index in [1.54, 1.807) is 16.2 Å². The van der Waals surface area contributed by atoms with Crippen molar-refractivity contribution in [3.8, 4) is 0 Å². The molecule has 86 valence electrons. The van der Waals surface area contributed by atoms with Crippen molar-refractivity contribution < 1.29 is 9.59 Å². The second-order valence-corrected chi connectivity index (χ2v) is 5.00. The lowest BCUT2D eigenvalue weighted by Gasteiger charge is -2.11. The van der Waals surface area contributed by atoms with Gasteiger partial charge in [0.2, 0.25) is 0 Å². The predicted octanol–water partition coefficient (Wildman–Crippen LogP) is 1.71. The summed E-state index contributed by atoms with van der Waals surface area (Å²) in [6.45, 7) is 4.31. The highest BCUT2D eigenvalue weighted by Gasteiger charge is 2.31. The van der Waals surface area contributed by atoms with Crippen LogP contribution in [0, 0.1) is 6.92 Å². The van der Waals surface area contributed by atoms with Gasteiger partial charge in [-0.3, -0.25) is 4.79 Å². The summed E-state index contributed by atoms with van der Waals surface area (Å²) in [4.78, 5) is 25.3. The molecule has 1 unspecified atom stereocenters. The third kappa shape index (κ3) is 2.09. The quantitative estimate of drug-likeness (QED) is 0.871. The summed E-state index contributed by atoms with van der Waals surface area (Å²) in [5.74, 6) is 0.0127. The summed E-state index contributed by atoms with van der Waals surface area (Å²) >= 11 is 1.64. The summed E-state index contributed by atoms with van der Waals surface area (Å²) in [6, 6.07) is 1.93. The fraction of sp³-hybridized carbons (Fsp3) is 0.455. The number of aryl methyl sites for hydroxylation is 1. The molecule has 1 aromatic rings. The molecule has 1 fully saturated rings. The average Bonchev–Trinajstić information content (AvgIpc) is 2.73. The number of nitrogens with zero attached hydrogens (tertiary/aromatic N) is 1. The van der Waals surface area contributed by atoms with Crippen molar-refractivity contribution in [2.24, 2.45) is 0 Å². The van der Waals surface area contributed by atoms with Gasteiger partial charge in [-0.15, -0.1) is 11.3 Å². The summed E-state index contributed by atoms with van der Waals surface area (Å²) in [5, 5.41) is 4.92. The first kappa shape index (κ1) is 11.1. The Morgan fingerprint density at radius 3 is 3.00 bits per heavy atom. The van der Waals surface area contributed by atoms with E-state index in [9.17, 15) is 9.59 Å². The molecule has 2 amide bonds. The van der Waals surface area contributed by atoms with Crippen molar-refractivity contribution in [3.63, 3.8) is 0 Å². The number of Topliss-reactive ketones (excluding diaryl/α,β-unsaturated/α-hetero) is 1. The molecule has 1 atom stereocenters. The largest absolute Gasteiger partial charge is 0.329 e. The predicted molar refractivity (Wildman–Crippen MR) is 62.6 cm³/mol. The topological polar surface area (TPSA) is 49.4 Å². The molecule has 2 rings (SSSR count). The van der Waals surface area contributed by atoms with E-state index >= 15 is 0 Å². The van der Waals surface area contributed by atoms with Crippen LogP contribution in [-0.4, -0.2) is 29.8 Å². The van der Waals surface area contributed by atoms with E-state index in [1.165, 1.54) is 17.4 Å². The van der Waals surface area contributed by atoms with Gasteiger partial charge < -0.3 is 10.2 Å². The van der Waals surface area contributed by atoms with Crippen molar-refractivity contribution >= 4 is 23.2 Å². The molecule has 0 spiro atoms. The maximum Gasteiger partial charge on any atom is 0.318 e. The van der Waals surface area contributed by atoms with Crippen molar-refractivity contribution in [1.82, 2.24) is 10.2 Å². The number of hydrogen-bond donors (Lipinski definition) is 1. The van der Waals surface area contributed by atoms with E-state index in [4.69, 9.17) is 0 Å². The molecule has 0 bridgehead atoms. The number of rotatable bonds is 3. The van der Waals surface area contributed by atoms with Crippen LogP contribution in [-0.2, 0) is 4.79 Å². The number of thiophene rings is 1. The summed E-state index contributed by atoms with van der Waals surface area (Å²) in [7, 11) is 0. The number of urea groups is 1. The van der Waals surface area contributed by atoms with Crippen LogP contribution in [0.2, 0.25) is 0 Å². The van der Waals surface area contributed by atoms with Crippen LogP contribution < -0.4 is 5.32 Å². The second-order valence-electron chi connectivity index (χ2n) is 4.05. The molecule has 5 heteroatoms. The molecule has 1 aliphatic heterocycles. The minimum Gasteiger partial charge on any atom is -0.329 e. The van der Waals surface area contributed by atoms with Crippen molar-refractivity contribution in [1.29, 1.82) is 0 Å². The summed E-state index contributed by atoms with van der Waals surface area (Å²) < 4.78 is 0. The highest BCUT2D eigenvalue weighted by atomic mass is 32.1. The zero-order valence-electron chi connectivity index (χ0n) is 9.32. The summed E-state index contributed by atoms with van der Waals surface area (Å²) in [6.07, 6.45) is 0. The Hall–Kier alpha value is -1.36. The Balaban J connectivity index is 2.09. The zero-order valence-corrected chi connectivity index (χ0v) is 10.1. The number of amides is 2. The normalized spacial score (nSPS) is 20.0. The van der Waals surface area contributed by atoms with Crippen LogP contribution >= 0.6 is 11.3 Å². The minimum atomic E-state index is -0.145. The minimum absolute atomic E-state index is 0.0127. The van der Waals surface area contributed by atoms with Gasteiger partial charge in [0.05, 0.1) is 12.6 Å². The molecular formula is C11H14N2O2S. The van der Waals surface area contributed by atoms with Gasteiger partial charge in [-0.2, -0.15) is 0 Å². The lowest BCUT2D eigenvalue weighted by molar-refractivity contribution is -0.117. The molecule has 1 N–H and O–H groups in total. The molecule has 1 aromatic heterocycles. The Bertz CT molecular complexity index is 427. The van der Waals surface area contributed by atoms with E-state index in [-0.39, 0.29) is 24.4 Å². The Morgan fingerprint density at radius 2 is 2.44 bits per heavy atom. The van der Waals surface area contributed by atoms with Gasteiger partial charge in [-0.05, 0) is 30.9 Å². The molecule has 0 radical (unpaired) electrons. The van der Waals surface area contributed by atoms with Gasteiger partial charge in [0.15, 0.2) is 0 Å². The molecule has 1 saturated heterocycles. The second kappa shape index (κ2) is 4.25. The van der Waals surface area contributed by atoms with Gasteiger partial charge in [-0.25, -0.2) is 4.79 Å². The SMILES string of the molecule is CC(=O)CN1CC(c2sccc2C)NC1=O. The monoisotopic (exact) mass is 238 g/mol. The third-order valence-corrected chi connectivity index (χ3v) is 3.75. The number of ketones is 1. The Labute approximate surface area is 98.3 Å². The van der Waals surface area contributed by atoms with Crippen LogP contribution in [0.3, 0.4) is 0 Å². The zero-order chi connectivity index (χ0) is 11.7. The number of nitrogens with one attached hydrogen (secondary N) is 1. The lowest BCUT2D eigenvalue weighted by atomic mass is 10.2. The van der Waals surface area contributed by atoms with E-state index in [0.29, 0.717) is 6.54 Å². The molecule has 0 saturated carbocycles. The van der Waals surface area contributed by atoms with Gasteiger partial charge >= 0.3 is 6.03 Å². The van der Waals surface area contributed by atoms with Crippen LogP contribution in [0.5, 0.6) is 0 Å². The fourth-order valence-electron chi connectivity index (χ4n) is 1.88. The van der Waals surface area contributed by atoms with E-state index < -0.39 is 0 Å². The first-order valence-corrected chi connectivity index (χ1v) is 6.04. The molecule has 0 aliphatic carbocycles. The molecule has 1 aliphatic rings.